The third-order valence-electron chi connectivity index (χ3n) is 17.3. The number of hydrogen-bond acceptors (Lipinski definition) is 10. The molecule has 1 saturated heterocycles. The molecule has 0 bridgehead atoms. The Morgan fingerprint density at radius 3 is 2.08 bits per heavy atom. The van der Waals surface area contributed by atoms with Crippen LogP contribution in [0.3, 0.4) is 0 Å². The number of benzene rings is 3. The van der Waals surface area contributed by atoms with Gasteiger partial charge in [-0.05, 0) is 148 Å². The van der Waals surface area contributed by atoms with Crippen LogP contribution in [-0.2, 0) is 52.8 Å². The molecule has 6 atom stereocenters. The molecule has 1 unspecified atom stereocenters. The molecule has 3 fully saturated rings. The second-order valence-electron chi connectivity index (χ2n) is 23.1. The van der Waals surface area contributed by atoms with Gasteiger partial charge in [-0.25, -0.2) is 4.39 Å². The summed E-state index contributed by atoms with van der Waals surface area (Å²) >= 11 is 0. The summed E-state index contributed by atoms with van der Waals surface area (Å²) in [5.74, 6) is -3.23. The zero-order valence-corrected chi connectivity index (χ0v) is 45.7. The van der Waals surface area contributed by atoms with Crippen LogP contribution in [0.4, 0.5) is 10.1 Å². The summed E-state index contributed by atoms with van der Waals surface area (Å²) in [6, 6.07) is 14.4. The SMILES string of the molecule is CC(=O)N[C@@H](CCC(=O)NC1CCC(CC2CCC(NC(=O)C3CCCN(C(=O)[C@H](Cc4ccc(F)cc4)NC(=O)[C@H](Cc4ccc([N+](=O)[O-])cc4)NC(=O)[C@@H]4C=C5c6cccc7[nH]cc(c67)C[C@H]5N(C)C4)C3)CC2)CC1)C(N)=O. The van der Waals surface area contributed by atoms with E-state index in [9.17, 15) is 48.1 Å². The minimum atomic E-state index is -1.20. The molecular weight excluding hydrogens is 1020 g/mol. The van der Waals surface area contributed by atoms with Crippen molar-refractivity contribution >= 4 is 63.5 Å². The van der Waals surface area contributed by atoms with Crippen LogP contribution < -0.4 is 32.3 Å². The third kappa shape index (κ3) is 14.3. The molecule has 8 N–H and O–H groups in total. The van der Waals surface area contributed by atoms with Crippen molar-refractivity contribution < 1.29 is 42.9 Å². The van der Waals surface area contributed by atoms with E-state index >= 15 is 0 Å². The van der Waals surface area contributed by atoms with Gasteiger partial charge in [0, 0.05) is 93.2 Å². The number of non-ortho nitro benzene ring substituents is 1. The number of rotatable bonds is 20. The van der Waals surface area contributed by atoms with Crippen LogP contribution >= 0.6 is 0 Å². The molecule has 20 heteroatoms. The van der Waals surface area contributed by atoms with Crippen LogP contribution in [0.5, 0.6) is 0 Å². The number of fused-ring (bicyclic) bond motifs is 2. The number of carbonyl (C=O) groups excluding carboxylic acids is 7. The molecule has 9 rings (SSSR count). The number of carbonyl (C=O) groups is 7. The number of aromatic amines is 1. The number of primary amides is 1. The summed E-state index contributed by atoms with van der Waals surface area (Å²) in [6.45, 7) is 2.20. The number of likely N-dealkylation sites (N-methyl/N-ethyl adjacent to an activating group) is 1. The molecule has 3 aromatic carbocycles. The van der Waals surface area contributed by atoms with Crippen molar-refractivity contribution in [3.63, 3.8) is 0 Å². The molecule has 1 aromatic heterocycles. The van der Waals surface area contributed by atoms with Crippen LogP contribution in [0.25, 0.3) is 16.5 Å². The minimum Gasteiger partial charge on any atom is -0.368 e. The summed E-state index contributed by atoms with van der Waals surface area (Å²) in [5.41, 5.74) is 10.7. The summed E-state index contributed by atoms with van der Waals surface area (Å²) in [7, 11) is 1.98. The first-order valence-electron chi connectivity index (χ1n) is 28.5. The Kier molecular flexibility index (Phi) is 18.4. The lowest BCUT2D eigenvalue weighted by molar-refractivity contribution is -0.384. The van der Waals surface area contributed by atoms with Gasteiger partial charge in [-0.15, -0.1) is 0 Å². The molecule has 80 heavy (non-hydrogen) atoms. The number of H-pyrrole nitrogens is 1. The van der Waals surface area contributed by atoms with E-state index in [2.05, 4.69) is 42.5 Å². The number of amides is 7. The molecule has 3 heterocycles. The number of nitro benzene ring substituents is 1. The molecule has 5 aliphatic rings. The normalized spacial score (nSPS) is 24.0. The van der Waals surface area contributed by atoms with Gasteiger partial charge < -0.3 is 42.2 Å². The highest BCUT2D eigenvalue weighted by atomic mass is 19.1. The topological polar surface area (TPSA) is 271 Å². The lowest BCUT2D eigenvalue weighted by Crippen LogP contribution is -2.58. The van der Waals surface area contributed by atoms with Crippen molar-refractivity contribution in [2.45, 2.75) is 146 Å². The highest BCUT2D eigenvalue weighted by Crippen LogP contribution is 2.41. The molecular formula is C60H75FN10O9. The smallest absolute Gasteiger partial charge is 0.269 e. The van der Waals surface area contributed by atoms with Crippen LogP contribution in [0.15, 0.2) is 79.0 Å². The molecule has 3 aliphatic carbocycles. The van der Waals surface area contributed by atoms with Crippen molar-refractivity contribution in [1.82, 2.24) is 41.4 Å². The van der Waals surface area contributed by atoms with E-state index in [1.165, 1.54) is 36.8 Å². The Morgan fingerprint density at radius 2 is 1.43 bits per heavy atom. The first-order valence-corrected chi connectivity index (χ1v) is 28.5. The number of piperidine rings is 1. The maximum absolute atomic E-state index is 14.8. The third-order valence-corrected chi connectivity index (χ3v) is 17.3. The van der Waals surface area contributed by atoms with E-state index in [1.807, 2.05) is 31.5 Å². The van der Waals surface area contributed by atoms with E-state index in [4.69, 9.17) is 5.73 Å². The Bertz CT molecular complexity index is 2970. The summed E-state index contributed by atoms with van der Waals surface area (Å²) in [6.07, 6.45) is 14.7. The summed E-state index contributed by atoms with van der Waals surface area (Å²) < 4.78 is 14.2. The van der Waals surface area contributed by atoms with E-state index < -0.39 is 64.3 Å². The maximum Gasteiger partial charge on any atom is 0.269 e. The minimum absolute atomic E-state index is 0.00735. The van der Waals surface area contributed by atoms with Gasteiger partial charge in [0.05, 0.1) is 16.8 Å². The van der Waals surface area contributed by atoms with Crippen LogP contribution in [0.2, 0.25) is 0 Å². The zero-order valence-electron chi connectivity index (χ0n) is 45.7. The van der Waals surface area contributed by atoms with E-state index in [0.717, 1.165) is 86.2 Å². The van der Waals surface area contributed by atoms with Gasteiger partial charge in [0.1, 0.15) is 23.9 Å². The molecule has 2 saturated carbocycles. The summed E-state index contributed by atoms with van der Waals surface area (Å²) in [5, 5.41) is 27.5. The number of aromatic nitrogens is 1. The first-order chi connectivity index (χ1) is 38.4. The standard InChI is InChI=1S/C60H75FN10O9/c1-35(72)64-50(56(62)74)24-25-54(73)65-44-18-10-36(11-19-44)27-37-12-20-45(21-13-37)66-57(75)40-5-4-26-70(34-40)60(78)52(29-38-8-16-43(61)17-9-38)68-59(77)51(28-39-14-22-46(23-15-39)71(79)80)67-58(76)42-30-48-47-6-3-7-49-55(47)41(32-63-49)31-53(48)69(2)33-42/h3,6-9,14-17,22-23,30,32,36-37,40,42,44-45,50-53,63H,4-5,10-13,18-21,24-29,31,33-34H2,1-2H3,(H2,62,74)(H,64,72)(H,65,73)(H,66,75)(H,67,76)(H,68,77)/t36?,37?,40?,42-,44?,45?,50+,51+,52+,53-/m1/s1. The van der Waals surface area contributed by atoms with Crippen molar-refractivity contribution in [2.24, 2.45) is 29.4 Å². The predicted octanol–water partition coefficient (Wildman–Crippen LogP) is 5.29. The molecule has 7 amide bonds. The average molecular weight is 1100 g/mol. The number of nitro groups is 1. The summed E-state index contributed by atoms with van der Waals surface area (Å²) in [4.78, 5) is 112. The number of nitrogens with one attached hydrogen (secondary N) is 6. The second kappa shape index (κ2) is 25.8. The highest BCUT2D eigenvalue weighted by molar-refractivity contribution is 6.00. The van der Waals surface area contributed by atoms with Gasteiger partial charge in [-0.1, -0.05) is 42.5 Å². The maximum atomic E-state index is 14.8. The van der Waals surface area contributed by atoms with E-state index in [1.54, 1.807) is 29.2 Å². The fourth-order valence-corrected chi connectivity index (χ4v) is 13.0. The average Bonchev–Trinajstić information content (AvgIpc) is 4.05. The Morgan fingerprint density at radius 1 is 0.775 bits per heavy atom. The largest absolute Gasteiger partial charge is 0.368 e. The molecule has 0 spiro atoms. The first kappa shape index (κ1) is 57.2. The molecule has 19 nitrogen and oxygen atoms in total. The molecule has 4 aromatic rings. The Hall–Kier alpha value is -7.48. The van der Waals surface area contributed by atoms with Gasteiger partial charge in [0.25, 0.3) is 5.69 Å². The molecule has 426 valence electrons. The fourth-order valence-electron chi connectivity index (χ4n) is 13.0. The van der Waals surface area contributed by atoms with Crippen molar-refractivity contribution in [3.8, 4) is 0 Å². The Labute approximate surface area is 465 Å². The second-order valence-corrected chi connectivity index (χ2v) is 23.1. The quantitative estimate of drug-likeness (QED) is 0.0444. The van der Waals surface area contributed by atoms with Crippen molar-refractivity contribution in [2.75, 3.05) is 26.7 Å². The van der Waals surface area contributed by atoms with Gasteiger partial charge in [0.2, 0.25) is 41.4 Å². The number of hydrogen-bond donors (Lipinski definition) is 7. The van der Waals surface area contributed by atoms with Crippen LogP contribution in [0, 0.1) is 39.6 Å². The van der Waals surface area contributed by atoms with Gasteiger partial charge in [-0.2, -0.15) is 0 Å². The van der Waals surface area contributed by atoms with Crippen LogP contribution in [-0.4, -0.2) is 124 Å². The van der Waals surface area contributed by atoms with Crippen molar-refractivity contribution in [3.05, 3.63) is 117 Å². The van der Waals surface area contributed by atoms with Crippen LogP contribution in [0.1, 0.15) is 113 Å². The number of nitrogens with two attached hydrogens (primary N) is 1. The van der Waals surface area contributed by atoms with E-state index in [-0.39, 0.29) is 73.8 Å². The number of nitrogens with zero attached hydrogens (tertiary/aromatic N) is 3. The zero-order chi connectivity index (χ0) is 56.6. The monoisotopic (exact) mass is 1100 g/mol. The number of halogens is 1. The molecule has 0 radical (unpaired) electrons. The predicted molar refractivity (Wildman–Crippen MR) is 298 cm³/mol. The van der Waals surface area contributed by atoms with Gasteiger partial charge >= 0.3 is 0 Å². The van der Waals surface area contributed by atoms with E-state index in [0.29, 0.717) is 48.9 Å². The lowest BCUT2D eigenvalue weighted by atomic mass is 9.75. The number of likely N-dealkylation sites (tertiary alicyclic amines) is 1. The Balaban J connectivity index is 0.808. The van der Waals surface area contributed by atoms with Gasteiger partial charge in [0.15, 0.2) is 0 Å². The molecule has 2 aliphatic heterocycles. The lowest BCUT2D eigenvalue weighted by Gasteiger charge is -2.39. The van der Waals surface area contributed by atoms with Crippen molar-refractivity contribution in [1.29, 1.82) is 0 Å². The van der Waals surface area contributed by atoms with Gasteiger partial charge in [-0.3, -0.25) is 48.6 Å². The highest BCUT2D eigenvalue weighted by Gasteiger charge is 2.39. The fraction of sp³-hybridized carbons (Fsp3) is 0.517.